The van der Waals surface area contributed by atoms with Crippen LogP contribution in [0.3, 0.4) is 0 Å². The van der Waals surface area contributed by atoms with E-state index in [2.05, 4.69) is 20.4 Å². The third kappa shape index (κ3) is 6.68. The molecule has 0 amide bonds. The van der Waals surface area contributed by atoms with Crippen LogP contribution in [0.1, 0.15) is 20.3 Å². The maximum absolute atomic E-state index is 5.73. The summed E-state index contributed by atoms with van der Waals surface area (Å²) >= 11 is 5.73. The normalized spacial score (nSPS) is 13.3. The number of ether oxygens (including phenoxy) is 1. The van der Waals surface area contributed by atoms with Crippen molar-refractivity contribution in [2.24, 2.45) is 11.8 Å². The average molecular weight is 191 g/mol. The molecular weight excluding hydrogens is 172 g/mol. The van der Waals surface area contributed by atoms with Crippen LogP contribution in [-0.2, 0) is 4.74 Å². The Kier molecular flexibility index (Phi) is 7.62. The minimum absolute atomic E-state index is 0.433. The zero-order chi connectivity index (χ0) is 9.40. The molecule has 0 N–H and O–H groups in total. The molecule has 0 heterocycles. The van der Waals surface area contributed by atoms with Gasteiger partial charge < -0.3 is 4.74 Å². The van der Waals surface area contributed by atoms with Crippen LogP contribution in [0, 0.1) is 11.8 Å². The Morgan fingerprint density at radius 3 is 2.50 bits per heavy atom. The van der Waals surface area contributed by atoms with Crippen molar-refractivity contribution in [1.82, 2.24) is 0 Å². The summed E-state index contributed by atoms with van der Waals surface area (Å²) in [7, 11) is 0. The fourth-order valence-electron chi connectivity index (χ4n) is 0.882. The molecule has 0 aliphatic rings. The molecule has 1 atom stereocenters. The number of hydrogen-bond acceptors (Lipinski definition) is 1. The van der Waals surface area contributed by atoms with E-state index < -0.39 is 0 Å². The molecule has 0 radical (unpaired) electrons. The van der Waals surface area contributed by atoms with Crippen LogP contribution in [0.4, 0.5) is 0 Å². The highest BCUT2D eigenvalue weighted by Gasteiger charge is 2.05. The van der Waals surface area contributed by atoms with Crippen molar-refractivity contribution >= 4 is 11.6 Å². The first-order chi connectivity index (χ1) is 5.70. The van der Waals surface area contributed by atoms with Crippen LogP contribution in [0.15, 0.2) is 12.7 Å². The van der Waals surface area contributed by atoms with Crippen molar-refractivity contribution in [1.29, 1.82) is 0 Å². The summed E-state index contributed by atoms with van der Waals surface area (Å²) in [5.74, 6) is 1.69. The van der Waals surface area contributed by atoms with E-state index in [9.17, 15) is 0 Å². The molecule has 1 nitrogen and oxygen atoms in total. The Morgan fingerprint density at radius 2 is 2.08 bits per heavy atom. The first kappa shape index (κ1) is 12.0. The summed E-state index contributed by atoms with van der Waals surface area (Å²) in [5, 5.41) is 0. The molecule has 0 bridgehead atoms. The molecule has 0 aliphatic carbocycles. The van der Waals surface area contributed by atoms with Gasteiger partial charge in [0.25, 0.3) is 0 Å². The van der Waals surface area contributed by atoms with Crippen LogP contribution in [0.2, 0.25) is 0 Å². The summed E-state index contributed by atoms with van der Waals surface area (Å²) in [4.78, 5) is 0. The standard InChI is InChI=1S/C10H19ClO/c1-4-5-10(6-11)8-12-7-9(2)3/h4,9-10H,1,5-8H2,2-3H3. The summed E-state index contributed by atoms with van der Waals surface area (Å²) in [6, 6.07) is 0. The zero-order valence-corrected chi connectivity index (χ0v) is 8.81. The second-order valence-electron chi connectivity index (χ2n) is 3.48. The van der Waals surface area contributed by atoms with Crippen molar-refractivity contribution in [3.8, 4) is 0 Å². The maximum Gasteiger partial charge on any atom is 0.0508 e. The first-order valence-electron chi connectivity index (χ1n) is 4.45. The minimum atomic E-state index is 0.433. The lowest BCUT2D eigenvalue weighted by Gasteiger charge is -2.13. The van der Waals surface area contributed by atoms with E-state index in [1.54, 1.807) is 0 Å². The molecule has 2 heteroatoms. The lowest BCUT2D eigenvalue weighted by molar-refractivity contribution is 0.0857. The monoisotopic (exact) mass is 190 g/mol. The lowest BCUT2D eigenvalue weighted by Crippen LogP contribution is -2.13. The second-order valence-corrected chi connectivity index (χ2v) is 3.78. The number of allylic oxidation sites excluding steroid dienone is 1. The molecule has 0 aromatic heterocycles. The van der Waals surface area contributed by atoms with Crippen LogP contribution >= 0.6 is 11.6 Å². The Hall–Kier alpha value is -0.0100. The number of halogens is 1. The third-order valence-corrected chi connectivity index (χ3v) is 1.96. The van der Waals surface area contributed by atoms with Gasteiger partial charge in [-0.25, -0.2) is 0 Å². The summed E-state index contributed by atoms with van der Waals surface area (Å²) in [6.45, 7) is 9.54. The van der Waals surface area contributed by atoms with E-state index in [1.165, 1.54) is 0 Å². The van der Waals surface area contributed by atoms with Crippen LogP contribution < -0.4 is 0 Å². The minimum Gasteiger partial charge on any atom is -0.381 e. The Morgan fingerprint density at radius 1 is 1.42 bits per heavy atom. The van der Waals surface area contributed by atoms with Crippen molar-refractivity contribution < 1.29 is 4.74 Å². The summed E-state index contributed by atoms with van der Waals surface area (Å²) in [6.07, 6.45) is 2.84. The molecule has 0 saturated heterocycles. The largest absolute Gasteiger partial charge is 0.381 e. The van der Waals surface area contributed by atoms with Gasteiger partial charge >= 0.3 is 0 Å². The van der Waals surface area contributed by atoms with Crippen molar-refractivity contribution in [3.05, 3.63) is 12.7 Å². The van der Waals surface area contributed by atoms with Gasteiger partial charge in [0.2, 0.25) is 0 Å². The fourth-order valence-corrected chi connectivity index (χ4v) is 1.10. The van der Waals surface area contributed by atoms with Crippen LogP contribution in [0.25, 0.3) is 0 Å². The van der Waals surface area contributed by atoms with Crippen LogP contribution in [0.5, 0.6) is 0 Å². The summed E-state index contributed by atoms with van der Waals surface area (Å²) < 4.78 is 5.47. The quantitative estimate of drug-likeness (QED) is 0.443. The van der Waals surface area contributed by atoms with E-state index in [0.717, 1.165) is 19.6 Å². The van der Waals surface area contributed by atoms with Gasteiger partial charge in [0.05, 0.1) is 6.61 Å². The van der Waals surface area contributed by atoms with E-state index in [0.29, 0.717) is 17.7 Å². The predicted molar refractivity (Wildman–Crippen MR) is 54.7 cm³/mol. The molecule has 0 aromatic carbocycles. The van der Waals surface area contributed by atoms with Gasteiger partial charge in [-0.3, -0.25) is 0 Å². The Balaban J connectivity index is 3.37. The van der Waals surface area contributed by atoms with Gasteiger partial charge in [-0.05, 0) is 18.3 Å². The molecule has 0 saturated carbocycles. The molecule has 0 spiro atoms. The first-order valence-corrected chi connectivity index (χ1v) is 4.98. The highest BCUT2D eigenvalue weighted by Crippen LogP contribution is 2.07. The van der Waals surface area contributed by atoms with Gasteiger partial charge in [0, 0.05) is 12.5 Å². The average Bonchev–Trinajstić information content (AvgIpc) is 2.02. The molecule has 72 valence electrons. The Bertz CT molecular complexity index is 112. The van der Waals surface area contributed by atoms with E-state index >= 15 is 0 Å². The number of alkyl halides is 1. The molecular formula is C10H19ClO. The van der Waals surface area contributed by atoms with E-state index in [1.807, 2.05) is 6.08 Å². The number of rotatable bonds is 7. The van der Waals surface area contributed by atoms with Gasteiger partial charge in [-0.15, -0.1) is 18.2 Å². The van der Waals surface area contributed by atoms with Gasteiger partial charge in [0.1, 0.15) is 0 Å². The van der Waals surface area contributed by atoms with E-state index in [-0.39, 0.29) is 0 Å². The predicted octanol–water partition coefficient (Wildman–Crippen LogP) is 3.09. The zero-order valence-electron chi connectivity index (χ0n) is 8.05. The fraction of sp³-hybridized carbons (Fsp3) is 0.800. The number of hydrogen-bond donors (Lipinski definition) is 0. The van der Waals surface area contributed by atoms with E-state index in [4.69, 9.17) is 16.3 Å². The lowest BCUT2D eigenvalue weighted by atomic mass is 10.1. The smallest absolute Gasteiger partial charge is 0.0508 e. The molecule has 0 fully saturated rings. The van der Waals surface area contributed by atoms with Gasteiger partial charge in [-0.1, -0.05) is 19.9 Å². The Labute approximate surface area is 80.8 Å². The van der Waals surface area contributed by atoms with Crippen molar-refractivity contribution in [2.75, 3.05) is 19.1 Å². The molecule has 12 heavy (non-hydrogen) atoms. The highest BCUT2D eigenvalue weighted by atomic mass is 35.5. The molecule has 0 rings (SSSR count). The second kappa shape index (κ2) is 7.63. The van der Waals surface area contributed by atoms with Gasteiger partial charge in [-0.2, -0.15) is 0 Å². The van der Waals surface area contributed by atoms with Crippen LogP contribution in [-0.4, -0.2) is 19.1 Å². The highest BCUT2D eigenvalue weighted by molar-refractivity contribution is 6.18. The SMILES string of the molecule is C=CCC(CCl)COCC(C)C. The molecule has 1 unspecified atom stereocenters. The maximum atomic E-state index is 5.73. The summed E-state index contributed by atoms with van der Waals surface area (Å²) in [5.41, 5.74) is 0. The van der Waals surface area contributed by atoms with Crippen molar-refractivity contribution in [3.63, 3.8) is 0 Å². The topological polar surface area (TPSA) is 9.23 Å². The van der Waals surface area contributed by atoms with Crippen molar-refractivity contribution in [2.45, 2.75) is 20.3 Å². The molecule has 0 aliphatic heterocycles. The van der Waals surface area contributed by atoms with Gasteiger partial charge in [0.15, 0.2) is 0 Å². The third-order valence-electron chi connectivity index (χ3n) is 1.52. The molecule has 0 aromatic rings.